The zero-order valence-corrected chi connectivity index (χ0v) is 16.6. The molecule has 0 radical (unpaired) electrons. The quantitative estimate of drug-likeness (QED) is 0.282. The fraction of sp³-hybridized carbons (Fsp3) is 0.273. The van der Waals surface area contributed by atoms with Crippen molar-refractivity contribution in [3.63, 3.8) is 0 Å². The van der Waals surface area contributed by atoms with E-state index in [9.17, 15) is 9.59 Å². The van der Waals surface area contributed by atoms with Gasteiger partial charge in [0.25, 0.3) is 0 Å². The summed E-state index contributed by atoms with van der Waals surface area (Å²) in [5, 5.41) is 0.718. The van der Waals surface area contributed by atoms with Gasteiger partial charge in [0.2, 0.25) is 5.78 Å². The maximum atomic E-state index is 12.4. The standard InChI is InChI=1S/C22H24ClNO3/c1-4-5-6-7-22(26)27-15-21(25)20-14-16(2)24(17(20)3)13-12-18-8-10-19(23)11-9-18/h4-11,14H,12-13,15H2,1-3H3/b5-4+,7-6+. The minimum absolute atomic E-state index is 0.200. The molecule has 1 heterocycles. The Balaban J connectivity index is 2.00. The number of carbonyl (C=O) groups excluding carboxylic acids is 2. The van der Waals surface area contributed by atoms with Crippen molar-refractivity contribution in [2.45, 2.75) is 33.7 Å². The number of ketones is 1. The van der Waals surface area contributed by atoms with Crippen LogP contribution in [0.15, 0.2) is 54.6 Å². The van der Waals surface area contributed by atoms with Gasteiger partial charge in [0.05, 0.1) is 0 Å². The van der Waals surface area contributed by atoms with Crippen LogP contribution in [0.2, 0.25) is 5.02 Å². The molecule has 0 unspecified atom stereocenters. The Hall–Kier alpha value is -2.59. The van der Waals surface area contributed by atoms with E-state index in [4.69, 9.17) is 16.3 Å². The molecule has 2 rings (SSSR count). The van der Waals surface area contributed by atoms with Crippen LogP contribution in [-0.4, -0.2) is 22.9 Å². The molecule has 0 saturated heterocycles. The number of Topliss-reactive ketones (excluding diaryl/α,β-unsaturated/α-hetero) is 1. The number of nitrogens with zero attached hydrogens (tertiary/aromatic N) is 1. The van der Waals surface area contributed by atoms with E-state index in [1.807, 2.05) is 51.1 Å². The van der Waals surface area contributed by atoms with Gasteiger partial charge in [-0.05, 0) is 51.0 Å². The second-order valence-electron chi connectivity index (χ2n) is 6.23. The molecule has 5 heteroatoms. The van der Waals surface area contributed by atoms with Crippen molar-refractivity contribution in [1.29, 1.82) is 0 Å². The number of aromatic nitrogens is 1. The molecule has 0 aliphatic rings. The van der Waals surface area contributed by atoms with Crippen LogP contribution in [-0.2, 0) is 22.5 Å². The highest BCUT2D eigenvalue weighted by molar-refractivity contribution is 6.30. The molecule has 0 bridgehead atoms. The second-order valence-corrected chi connectivity index (χ2v) is 6.67. The van der Waals surface area contributed by atoms with Crippen LogP contribution >= 0.6 is 11.6 Å². The first-order chi connectivity index (χ1) is 12.9. The van der Waals surface area contributed by atoms with E-state index >= 15 is 0 Å². The summed E-state index contributed by atoms with van der Waals surface area (Å²) in [4.78, 5) is 24.0. The van der Waals surface area contributed by atoms with Gasteiger partial charge in [-0.2, -0.15) is 0 Å². The smallest absolute Gasteiger partial charge is 0.331 e. The molecule has 0 aliphatic heterocycles. The SMILES string of the molecule is C/C=C/C=C/C(=O)OCC(=O)c1cc(C)n(CCc2ccc(Cl)cc2)c1C. The summed E-state index contributed by atoms with van der Waals surface area (Å²) in [5.74, 6) is -0.730. The molecule has 0 N–H and O–H groups in total. The minimum Gasteiger partial charge on any atom is -0.454 e. The van der Waals surface area contributed by atoms with Crippen molar-refractivity contribution in [1.82, 2.24) is 4.57 Å². The lowest BCUT2D eigenvalue weighted by Crippen LogP contribution is -2.14. The lowest BCUT2D eigenvalue weighted by Gasteiger charge is -2.10. The Morgan fingerprint density at radius 1 is 1.15 bits per heavy atom. The number of aryl methyl sites for hydroxylation is 2. The van der Waals surface area contributed by atoms with E-state index in [0.717, 1.165) is 29.4 Å². The lowest BCUT2D eigenvalue weighted by molar-refractivity contribution is -0.136. The highest BCUT2D eigenvalue weighted by atomic mass is 35.5. The molecule has 1 aromatic heterocycles. The minimum atomic E-state index is -0.530. The van der Waals surface area contributed by atoms with Gasteiger partial charge in [-0.1, -0.05) is 42.0 Å². The summed E-state index contributed by atoms with van der Waals surface area (Å²) >= 11 is 5.92. The van der Waals surface area contributed by atoms with Crippen molar-refractivity contribution in [2.24, 2.45) is 0 Å². The molecule has 0 saturated carbocycles. The average molecular weight is 386 g/mol. The molecule has 142 valence electrons. The fourth-order valence-corrected chi connectivity index (χ4v) is 2.95. The number of rotatable bonds is 8. The van der Waals surface area contributed by atoms with Crippen molar-refractivity contribution < 1.29 is 14.3 Å². The monoisotopic (exact) mass is 385 g/mol. The number of hydrogen-bond acceptors (Lipinski definition) is 3. The molecular formula is C22H24ClNO3. The third-order valence-electron chi connectivity index (χ3n) is 4.29. The lowest BCUT2D eigenvalue weighted by atomic mass is 10.1. The van der Waals surface area contributed by atoms with Crippen LogP contribution in [0.4, 0.5) is 0 Å². The first-order valence-electron chi connectivity index (χ1n) is 8.83. The number of esters is 1. The van der Waals surface area contributed by atoms with Crippen LogP contribution in [0.5, 0.6) is 0 Å². The van der Waals surface area contributed by atoms with E-state index in [2.05, 4.69) is 4.57 Å². The first-order valence-corrected chi connectivity index (χ1v) is 9.20. The summed E-state index contributed by atoms with van der Waals surface area (Å²) < 4.78 is 7.13. The van der Waals surface area contributed by atoms with Gasteiger partial charge in [-0.3, -0.25) is 4.79 Å². The molecule has 0 aliphatic carbocycles. The van der Waals surface area contributed by atoms with Crippen molar-refractivity contribution >= 4 is 23.4 Å². The normalized spacial score (nSPS) is 11.4. The number of halogens is 1. The molecule has 0 fully saturated rings. The highest BCUT2D eigenvalue weighted by Crippen LogP contribution is 2.18. The van der Waals surface area contributed by atoms with Crippen LogP contribution in [0.3, 0.4) is 0 Å². The topological polar surface area (TPSA) is 48.3 Å². The fourth-order valence-electron chi connectivity index (χ4n) is 2.83. The summed E-state index contributed by atoms with van der Waals surface area (Å²) in [5.41, 5.74) is 3.66. The highest BCUT2D eigenvalue weighted by Gasteiger charge is 2.16. The maximum Gasteiger partial charge on any atom is 0.331 e. The van der Waals surface area contributed by atoms with Gasteiger partial charge in [0.1, 0.15) is 0 Å². The Morgan fingerprint density at radius 2 is 1.85 bits per heavy atom. The van der Waals surface area contributed by atoms with Gasteiger partial charge in [-0.25, -0.2) is 4.79 Å². The van der Waals surface area contributed by atoms with Gasteiger partial charge in [0, 0.05) is 34.6 Å². The second kappa shape index (κ2) is 9.93. The Kier molecular flexibility index (Phi) is 7.62. The largest absolute Gasteiger partial charge is 0.454 e. The molecule has 1 aromatic carbocycles. The first kappa shape index (κ1) is 20.7. The maximum absolute atomic E-state index is 12.4. The number of carbonyl (C=O) groups is 2. The molecule has 0 amide bonds. The summed E-state index contributed by atoms with van der Waals surface area (Å²) in [7, 11) is 0. The number of hydrogen-bond donors (Lipinski definition) is 0. The predicted molar refractivity (Wildman–Crippen MR) is 108 cm³/mol. The van der Waals surface area contributed by atoms with Gasteiger partial charge < -0.3 is 9.30 Å². The van der Waals surface area contributed by atoms with E-state index < -0.39 is 5.97 Å². The third-order valence-corrected chi connectivity index (χ3v) is 4.54. The Labute approximate surface area is 165 Å². The molecule has 0 atom stereocenters. The summed E-state index contributed by atoms with van der Waals surface area (Å²) in [6, 6.07) is 9.61. The van der Waals surface area contributed by atoms with Crippen molar-refractivity contribution in [2.75, 3.05) is 6.61 Å². The van der Waals surface area contributed by atoms with Crippen molar-refractivity contribution in [3.8, 4) is 0 Å². The van der Waals surface area contributed by atoms with E-state index in [1.165, 1.54) is 11.6 Å². The number of ether oxygens (including phenoxy) is 1. The zero-order chi connectivity index (χ0) is 19.8. The van der Waals surface area contributed by atoms with Crippen LogP contribution in [0, 0.1) is 13.8 Å². The molecular weight excluding hydrogens is 362 g/mol. The zero-order valence-electron chi connectivity index (χ0n) is 15.9. The van der Waals surface area contributed by atoms with Gasteiger partial charge >= 0.3 is 5.97 Å². The molecule has 27 heavy (non-hydrogen) atoms. The van der Waals surface area contributed by atoms with Crippen molar-refractivity contribution in [3.05, 3.63) is 82.2 Å². The Morgan fingerprint density at radius 3 is 2.52 bits per heavy atom. The van der Waals surface area contributed by atoms with Crippen LogP contribution in [0.25, 0.3) is 0 Å². The summed E-state index contributed by atoms with van der Waals surface area (Å²) in [6.07, 6.45) is 7.23. The van der Waals surface area contributed by atoms with Crippen LogP contribution in [0.1, 0.15) is 34.2 Å². The molecule has 4 nitrogen and oxygen atoms in total. The third kappa shape index (κ3) is 5.97. The summed E-state index contributed by atoms with van der Waals surface area (Å²) in [6.45, 7) is 6.23. The average Bonchev–Trinajstić information content (AvgIpc) is 2.93. The van der Waals surface area contributed by atoms with Gasteiger partial charge in [0.15, 0.2) is 6.61 Å². The number of allylic oxidation sites excluding steroid dienone is 3. The predicted octanol–water partition coefficient (Wildman–Crippen LogP) is 4.86. The van der Waals surface area contributed by atoms with E-state index in [1.54, 1.807) is 18.2 Å². The van der Waals surface area contributed by atoms with E-state index in [0.29, 0.717) is 5.56 Å². The van der Waals surface area contributed by atoms with Gasteiger partial charge in [-0.15, -0.1) is 0 Å². The molecule has 0 spiro atoms. The number of benzene rings is 1. The van der Waals surface area contributed by atoms with Crippen LogP contribution < -0.4 is 0 Å². The Bertz CT molecular complexity index is 860. The van der Waals surface area contributed by atoms with E-state index in [-0.39, 0.29) is 12.4 Å². The molecule has 2 aromatic rings.